The number of hydrogen-bond donors (Lipinski definition) is 3. The Labute approximate surface area is 154 Å². The van der Waals surface area contributed by atoms with E-state index in [9.17, 15) is 14.4 Å². The molecule has 2 aliphatic heterocycles. The van der Waals surface area contributed by atoms with Gasteiger partial charge in [-0.2, -0.15) is 0 Å². The van der Waals surface area contributed by atoms with E-state index in [-0.39, 0.29) is 17.9 Å². The molecule has 3 unspecified atom stereocenters. The Morgan fingerprint density at radius 1 is 1.28 bits per heavy atom. The zero-order valence-corrected chi connectivity index (χ0v) is 15.2. The molecule has 7 nitrogen and oxygen atoms in total. The Bertz CT molecular complexity index is 685. The molecular formula is C16H19N3O4S2. The number of benzene rings is 1. The second-order valence-electron chi connectivity index (χ2n) is 5.60. The van der Waals surface area contributed by atoms with Crippen molar-refractivity contribution < 1.29 is 19.1 Å². The minimum atomic E-state index is -0.753. The Balaban J connectivity index is 1.61. The van der Waals surface area contributed by atoms with Gasteiger partial charge in [-0.3, -0.25) is 14.9 Å². The van der Waals surface area contributed by atoms with Gasteiger partial charge in [0.25, 0.3) is 0 Å². The van der Waals surface area contributed by atoms with Gasteiger partial charge >= 0.3 is 6.09 Å². The van der Waals surface area contributed by atoms with E-state index in [1.807, 2.05) is 24.3 Å². The number of imide groups is 1. The van der Waals surface area contributed by atoms with Crippen molar-refractivity contribution in [1.29, 1.82) is 0 Å². The van der Waals surface area contributed by atoms with Crippen LogP contribution >= 0.6 is 23.7 Å². The van der Waals surface area contributed by atoms with Crippen molar-refractivity contribution in [3.8, 4) is 0 Å². The lowest BCUT2D eigenvalue weighted by molar-refractivity contribution is -0.126. The van der Waals surface area contributed by atoms with Crippen LogP contribution in [-0.2, 0) is 14.3 Å². The third-order valence-electron chi connectivity index (χ3n) is 3.99. The average molecular weight is 381 g/mol. The molecule has 134 valence electrons. The maximum atomic E-state index is 12.6. The fourth-order valence-electron chi connectivity index (χ4n) is 2.78. The highest BCUT2D eigenvalue weighted by Crippen LogP contribution is 2.36. The van der Waals surface area contributed by atoms with Crippen LogP contribution in [-0.4, -0.2) is 35.6 Å². The number of thioether (sulfide) groups is 1. The number of ether oxygens (including phenoxy) is 1. The molecule has 2 heterocycles. The number of carbonyl (C=O) groups excluding carboxylic acids is 3. The fourth-order valence-corrected chi connectivity index (χ4v) is 5.04. The lowest BCUT2D eigenvalue weighted by Crippen LogP contribution is -2.46. The van der Waals surface area contributed by atoms with E-state index < -0.39 is 24.0 Å². The van der Waals surface area contributed by atoms with Crippen molar-refractivity contribution in [2.45, 2.75) is 29.7 Å². The highest BCUT2D eigenvalue weighted by Gasteiger charge is 2.38. The standard InChI is InChI=1S/C16H19N3O4S2/c1-2-23-16(22)18-13(20)10-7-8-24-15(10)17-14(21)12-9-5-3-4-6-11(9)25-19-12/h3-6,10,12,15,19H,2,7-8H2,1H3,(H,17,21)(H,18,20,22). The number of rotatable bonds is 4. The van der Waals surface area contributed by atoms with E-state index in [0.29, 0.717) is 6.42 Å². The summed E-state index contributed by atoms with van der Waals surface area (Å²) >= 11 is 2.93. The van der Waals surface area contributed by atoms with Gasteiger partial charge in [-0.05, 0) is 42.7 Å². The first-order chi connectivity index (χ1) is 12.1. The first-order valence-corrected chi connectivity index (χ1v) is 9.87. The van der Waals surface area contributed by atoms with Gasteiger partial charge in [0.1, 0.15) is 6.04 Å². The van der Waals surface area contributed by atoms with E-state index in [0.717, 1.165) is 16.2 Å². The van der Waals surface area contributed by atoms with Crippen molar-refractivity contribution >= 4 is 41.6 Å². The lowest BCUT2D eigenvalue weighted by atomic mass is 10.0. The number of hydrogen-bond acceptors (Lipinski definition) is 7. The Hall–Kier alpha value is -1.71. The molecule has 3 rings (SSSR count). The molecule has 1 aromatic carbocycles. The molecule has 9 heteroatoms. The second kappa shape index (κ2) is 8.11. The monoisotopic (exact) mass is 381 g/mol. The minimum absolute atomic E-state index is 0.175. The van der Waals surface area contributed by atoms with Crippen molar-refractivity contribution in [1.82, 2.24) is 15.4 Å². The summed E-state index contributed by atoms with van der Waals surface area (Å²) in [5.74, 6) is -0.300. The quantitative estimate of drug-likeness (QED) is 0.685. The topological polar surface area (TPSA) is 96.5 Å². The number of fused-ring (bicyclic) bond motifs is 1. The lowest BCUT2D eigenvalue weighted by Gasteiger charge is -2.21. The number of nitrogens with one attached hydrogen (secondary N) is 3. The van der Waals surface area contributed by atoms with Gasteiger partial charge in [0.15, 0.2) is 0 Å². The smallest absolute Gasteiger partial charge is 0.413 e. The molecule has 1 saturated heterocycles. The van der Waals surface area contributed by atoms with Crippen molar-refractivity contribution in [3.63, 3.8) is 0 Å². The Morgan fingerprint density at radius 3 is 2.88 bits per heavy atom. The molecule has 0 radical (unpaired) electrons. The normalized spacial score (nSPS) is 24.4. The van der Waals surface area contributed by atoms with Crippen LogP contribution in [0.25, 0.3) is 0 Å². The van der Waals surface area contributed by atoms with Gasteiger partial charge < -0.3 is 10.1 Å². The first kappa shape index (κ1) is 18.1. The molecule has 2 aliphatic rings. The van der Waals surface area contributed by atoms with Crippen LogP contribution in [0.5, 0.6) is 0 Å². The summed E-state index contributed by atoms with van der Waals surface area (Å²) in [6, 6.07) is 7.25. The fraction of sp³-hybridized carbons (Fsp3) is 0.438. The van der Waals surface area contributed by atoms with Gasteiger partial charge in [0, 0.05) is 4.90 Å². The average Bonchev–Trinajstić information content (AvgIpc) is 3.21. The van der Waals surface area contributed by atoms with Gasteiger partial charge in [-0.25, -0.2) is 9.52 Å². The SMILES string of the molecule is CCOC(=O)NC(=O)C1CCSC1NC(=O)C1NSc2ccccc21. The molecule has 25 heavy (non-hydrogen) atoms. The summed E-state index contributed by atoms with van der Waals surface area (Å²) < 4.78 is 7.84. The first-order valence-electron chi connectivity index (χ1n) is 8.01. The maximum Gasteiger partial charge on any atom is 0.413 e. The van der Waals surface area contributed by atoms with Gasteiger partial charge in [-0.15, -0.1) is 11.8 Å². The molecule has 0 aliphatic carbocycles. The molecule has 1 fully saturated rings. The molecule has 0 aromatic heterocycles. The third-order valence-corrected chi connectivity index (χ3v) is 6.21. The largest absolute Gasteiger partial charge is 0.450 e. The number of carbonyl (C=O) groups is 3. The highest BCUT2D eigenvalue weighted by atomic mass is 32.2. The molecule has 1 aromatic rings. The zero-order valence-electron chi connectivity index (χ0n) is 13.6. The molecule has 0 spiro atoms. The summed E-state index contributed by atoms with van der Waals surface area (Å²) in [4.78, 5) is 37.3. The van der Waals surface area contributed by atoms with E-state index in [1.54, 1.807) is 6.92 Å². The van der Waals surface area contributed by atoms with E-state index in [2.05, 4.69) is 15.4 Å². The maximum absolute atomic E-state index is 12.6. The van der Waals surface area contributed by atoms with Crippen LogP contribution in [0.1, 0.15) is 24.9 Å². The van der Waals surface area contributed by atoms with E-state index >= 15 is 0 Å². The summed E-state index contributed by atoms with van der Waals surface area (Å²) in [5.41, 5.74) is 0.931. The molecule has 3 atom stereocenters. The molecular weight excluding hydrogens is 362 g/mol. The predicted molar refractivity (Wildman–Crippen MR) is 95.8 cm³/mol. The Kier molecular flexibility index (Phi) is 5.87. The van der Waals surface area contributed by atoms with Crippen LogP contribution < -0.4 is 15.4 Å². The Morgan fingerprint density at radius 2 is 2.08 bits per heavy atom. The van der Waals surface area contributed by atoms with Crippen LogP contribution in [0.15, 0.2) is 29.2 Å². The number of alkyl carbamates (subject to hydrolysis) is 1. The van der Waals surface area contributed by atoms with Gasteiger partial charge in [0.2, 0.25) is 11.8 Å². The van der Waals surface area contributed by atoms with Crippen LogP contribution in [0.4, 0.5) is 4.79 Å². The minimum Gasteiger partial charge on any atom is -0.450 e. The third kappa shape index (κ3) is 4.10. The van der Waals surface area contributed by atoms with Gasteiger partial charge in [-0.1, -0.05) is 18.2 Å². The van der Waals surface area contributed by atoms with Crippen molar-refractivity contribution in [3.05, 3.63) is 29.8 Å². The molecule has 0 bridgehead atoms. The van der Waals surface area contributed by atoms with E-state index in [4.69, 9.17) is 4.74 Å². The molecule has 3 amide bonds. The number of amides is 3. The second-order valence-corrected chi connectivity index (χ2v) is 7.72. The van der Waals surface area contributed by atoms with Crippen LogP contribution in [0.2, 0.25) is 0 Å². The zero-order chi connectivity index (χ0) is 17.8. The predicted octanol–water partition coefficient (Wildman–Crippen LogP) is 1.81. The summed E-state index contributed by atoms with van der Waals surface area (Å²) in [6.07, 6.45) is -0.151. The highest BCUT2D eigenvalue weighted by molar-refractivity contribution is 8.00. The summed E-state index contributed by atoms with van der Waals surface area (Å²) in [5, 5.41) is 4.80. The summed E-state index contributed by atoms with van der Waals surface area (Å²) in [6.45, 7) is 1.87. The van der Waals surface area contributed by atoms with Crippen molar-refractivity contribution in [2.75, 3.05) is 12.4 Å². The molecule has 0 saturated carbocycles. The van der Waals surface area contributed by atoms with Crippen LogP contribution in [0, 0.1) is 5.92 Å². The molecule has 3 N–H and O–H groups in total. The van der Waals surface area contributed by atoms with Crippen LogP contribution in [0.3, 0.4) is 0 Å². The van der Waals surface area contributed by atoms with Gasteiger partial charge in [0.05, 0.1) is 17.9 Å². The van der Waals surface area contributed by atoms with Crippen molar-refractivity contribution in [2.24, 2.45) is 5.92 Å². The summed E-state index contributed by atoms with van der Waals surface area (Å²) in [7, 11) is 0. The van der Waals surface area contributed by atoms with E-state index in [1.165, 1.54) is 23.7 Å².